The first-order chi connectivity index (χ1) is 19.9. The number of halogens is 1. The standard InChI is InChI=1S/C32H23FN2O5S/c1-39-25-16-21(12-15-24(25)40-18-19-8-4-2-5-9-19)28-27(29(36)20-10-6-3-7-11-20)30(37)31(38)35(28)32-34-23-14-13-22(33)17-26(23)41-32/h2-17,28,36H,18H2,1H3/b29-27+. The molecule has 204 valence electrons. The van der Waals surface area contributed by atoms with E-state index in [1.807, 2.05) is 30.3 Å². The smallest absolute Gasteiger partial charge is 0.301 e. The number of aliphatic hydroxyl groups excluding tert-OH is 1. The zero-order valence-corrected chi connectivity index (χ0v) is 22.6. The van der Waals surface area contributed by atoms with E-state index in [2.05, 4.69) is 4.98 Å². The zero-order valence-electron chi connectivity index (χ0n) is 21.8. The molecular formula is C32H23FN2O5S. The Morgan fingerprint density at radius 3 is 2.41 bits per heavy atom. The minimum absolute atomic E-state index is 0.0911. The Bertz CT molecular complexity index is 1800. The van der Waals surface area contributed by atoms with Crippen LogP contribution in [-0.2, 0) is 16.2 Å². The van der Waals surface area contributed by atoms with Crippen LogP contribution in [0.2, 0.25) is 0 Å². The summed E-state index contributed by atoms with van der Waals surface area (Å²) in [7, 11) is 1.50. The molecule has 1 atom stereocenters. The summed E-state index contributed by atoms with van der Waals surface area (Å²) in [5.41, 5.74) is 2.25. The number of Topliss-reactive ketones (excluding diaryl/α,β-unsaturated/α-hetero) is 1. The van der Waals surface area contributed by atoms with E-state index in [-0.39, 0.29) is 16.5 Å². The maximum Gasteiger partial charge on any atom is 0.301 e. The van der Waals surface area contributed by atoms with Crippen LogP contribution in [0, 0.1) is 5.82 Å². The number of hydrogen-bond donors (Lipinski definition) is 1. The monoisotopic (exact) mass is 566 g/mol. The minimum atomic E-state index is -1.03. The number of ketones is 1. The van der Waals surface area contributed by atoms with E-state index in [1.165, 1.54) is 30.2 Å². The topological polar surface area (TPSA) is 89.0 Å². The number of anilines is 1. The molecule has 1 amide bonds. The van der Waals surface area contributed by atoms with Gasteiger partial charge in [-0.05, 0) is 41.5 Å². The van der Waals surface area contributed by atoms with Crippen molar-refractivity contribution in [3.63, 3.8) is 0 Å². The lowest BCUT2D eigenvalue weighted by atomic mass is 9.95. The van der Waals surface area contributed by atoms with E-state index >= 15 is 0 Å². The van der Waals surface area contributed by atoms with Crippen molar-refractivity contribution in [2.24, 2.45) is 0 Å². The van der Waals surface area contributed by atoms with Gasteiger partial charge in [0, 0.05) is 5.56 Å². The Morgan fingerprint density at radius 1 is 0.951 bits per heavy atom. The van der Waals surface area contributed by atoms with Crippen molar-refractivity contribution in [3.8, 4) is 11.5 Å². The van der Waals surface area contributed by atoms with Gasteiger partial charge in [-0.1, -0.05) is 78.1 Å². The Morgan fingerprint density at radius 2 is 1.68 bits per heavy atom. The molecule has 0 bridgehead atoms. The molecule has 1 saturated heterocycles. The van der Waals surface area contributed by atoms with Crippen molar-refractivity contribution in [2.75, 3.05) is 12.0 Å². The highest BCUT2D eigenvalue weighted by atomic mass is 32.1. The number of hydrogen-bond acceptors (Lipinski definition) is 7. The van der Waals surface area contributed by atoms with E-state index < -0.39 is 23.5 Å². The Hall–Kier alpha value is -5.02. The summed E-state index contributed by atoms with van der Waals surface area (Å²) in [6.07, 6.45) is 0. The molecular weight excluding hydrogens is 543 g/mol. The van der Waals surface area contributed by atoms with Gasteiger partial charge >= 0.3 is 5.91 Å². The first kappa shape index (κ1) is 26.2. The summed E-state index contributed by atoms with van der Waals surface area (Å²) in [4.78, 5) is 32.8. The molecule has 1 unspecified atom stereocenters. The number of ether oxygens (including phenoxy) is 2. The first-order valence-electron chi connectivity index (χ1n) is 12.7. The molecule has 1 aliphatic rings. The molecule has 0 radical (unpaired) electrons. The maximum atomic E-state index is 13.9. The normalized spacial score (nSPS) is 16.3. The lowest BCUT2D eigenvalue weighted by Crippen LogP contribution is -2.29. The predicted molar refractivity (Wildman–Crippen MR) is 155 cm³/mol. The van der Waals surface area contributed by atoms with Crippen molar-refractivity contribution < 1.29 is 28.6 Å². The summed E-state index contributed by atoms with van der Waals surface area (Å²) in [5.74, 6) is -1.61. The summed E-state index contributed by atoms with van der Waals surface area (Å²) in [6, 6.07) is 26.4. The third-order valence-corrected chi connectivity index (χ3v) is 7.79. The van der Waals surface area contributed by atoms with E-state index in [0.29, 0.717) is 39.4 Å². The largest absolute Gasteiger partial charge is 0.507 e. The van der Waals surface area contributed by atoms with Gasteiger partial charge in [-0.15, -0.1) is 0 Å². The van der Waals surface area contributed by atoms with Crippen LogP contribution in [0.3, 0.4) is 0 Å². The average Bonchev–Trinajstić information content (AvgIpc) is 3.53. The fourth-order valence-electron chi connectivity index (χ4n) is 4.79. The average molecular weight is 567 g/mol. The van der Waals surface area contributed by atoms with Gasteiger partial charge in [-0.25, -0.2) is 9.37 Å². The molecule has 0 spiro atoms. The van der Waals surface area contributed by atoms with E-state index in [0.717, 1.165) is 16.9 Å². The number of amides is 1. The van der Waals surface area contributed by atoms with Gasteiger partial charge in [0.25, 0.3) is 5.78 Å². The number of nitrogens with zero attached hydrogens (tertiary/aromatic N) is 2. The number of benzene rings is 4. The fourth-order valence-corrected chi connectivity index (χ4v) is 5.81. The van der Waals surface area contributed by atoms with Crippen LogP contribution in [0.15, 0.2) is 103 Å². The van der Waals surface area contributed by atoms with Crippen LogP contribution in [0.5, 0.6) is 11.5 Å². The second kappa shape index (κ2) is 10.9. The lowest BCUT2D eigenvalue weighted by molar-refractivity contribution is -0.132. The van der Waals surface area contributed by atoms with Gasteiger partial charge in [0.15, 0.2) is 16.6 Å². The molecule has 1 fully saturated rings. The number of thiazole rings is 1. The molecule has 6 rings (SSSR count). The molecule has 5 aromatic rings. The molecule has 1 aliphatic heterocycles. The Labute approximate surface area is 238 Å². The van der Waals surface area contributed by atoms with Gasteiger partial charge < -0.3 is 14.6 Å². The van der Waals surface area contributed by atoms with Crippen LogP contribution >= 0.6 is 11.3 Å². The van der Waals surface area contributed by atoms with Gasteiger partial charge in [-0.2, -0.15) is 0 Å². The molecule has 2 heterocycles. The number of carbonyl (C=O) groups excluding carboxylic acids is 2. The Balaban J connectivity index is 1.47. The Kier molecular flexibility index (Phi) is 6.94. The third-order valence-electron chi connectivity index (χ3n) is 6.78. The van der Waals surface area contributed by atoms with Crippen molar-refractivity contribution in [1.82, 2.24) is 4.98 Å². The van der Waals surface area contributed by atoms with Crippen LogP contribution < -0.4 is 14.4 Å². The van der Waals surface area contributed by atoms with Crippen molar-refractivity contribution in [2.45, 2.75) is 12.6 Å². The summed E-state index contributed by atoms with van der Waals surface area (Å²) < 4.78 is 26.1. The lowest BCUT2D eigenvalue weighted by Gasteiger charge is -2.24. The highest BCUT2D eigenvalue weighted by molar-refractivity contribution is 7.22. The predicted octanol–water partition coefficient (Wildman–Crippen LogP) is 6.65. The van der Waals surface area contributed by atoms with Crippen molar-refractivity contribution in [1.29, 1.82) is 0 Å². The highest BCUT2D eigenvalue weighted by Gasteiger charge is 2.48. The maximum absolute atomic E-state index is 13.9. The molecule has 0 aliphatic carbocycles. The molecule has 4 aromatic carbocycles. The van der Waals surface area contributed by atoms with Crippen LogP contribution in [0.4, 0.5) is 9.52 Å². The molecule has 7 nitrogen and oxygen atoms in total. The first-order valence-corrected chi connectivity index (χ1v) is 13.5. The minimum Gasteiger partial charge on any atom is -0.507 e. The molecule has 41 heavy (non-hydrogen) atoms. The quantitative estimate of drug-likeness (QED) is 0.135. The summed E-state index contributed by atoms with van der Waals surface area (Å²) in [6.45, 7) is 0.311. The van der Waals surface area contributed by atoms with E-state index in [4.69, 9.17) is 9.47 Å². The number of fused-ring (bicyclic) bond motifs is 1. The van der Waals surface area contributed by atoms with E-state index in [9.17, 15) is 19.1 Å². The second-order valence-corrected chi connectivity index (χ2v) is 10.3. The SMILES string of the molecule is COc1cc(C2/C(=C(\O)c3ccccc3)C(=O)C(=O)N2c2nc3ccc(F)cc3s2)ccc1OCc1ccccc1. The van der Waals surface area contributed by atoms with Crippen LogP contribution in [0.1, 0.15) is 22.7 Å². The van der Waals surface area contributed by atoms with Crippen molar-refractivity contribution >= 4 is 44.1 Å². The highest BCUT2D eigenvalue weighted by Crippen LogP contribution is 2.46. The van der Waals surface area contributed by atoms with Gasteiger partial charge in [0.05, 0.1) is 28.9 Å². The molecule has 9 heteroatoms. The number of methoxy groups -OCH3 is 1. The van der Waals surface area contributed by atoms with Gasteiger partial charge in [0.1, 0.15) is 18.2 Å². The number of aromatic nitrogens is 1. The summed E-state index contributed by atoms with van der Waals surface area (Å²) >= 11 is 1.08. The van der Waals surface area contributed by atoms with Crippen LogP contribution in [-0.4, -0.2) is 28.9 Å². The van der Waals surface area contributed by atoms with Gasteiger partial charge in [0.2, 0.25) is 0 Å². The van der Waals surface area contributed by atoms with Crippen LogP contribution in [0.25, 0.3) is 16.0 Å². The van der Waals surface area contributed by atoms with E-state index in [1.54, 1.807) is 48.5 Å². The number of rotatable bonds is 7. The third kappa shape index (κ3) is 4.92. The van der Waals surface area contributed by atoms with Crippen molar-refractivity contribution in [3.05, 3.63) is 125 Å². The molecule has 1 aromatic heterocycles. The zero-order chi connectivity index (χ0) is 28.5. The molecule has 1 N–H and O–H groups in total. The second-order valence-electron chi connectivity index (χ2n) is 9.33. The van der Waals surface area contributed by atoms with Gasteiger partial charge in [-0.3, -0.25) is 14.5 Å². The molecule has 0 saturated carbocycles. The summed E-state index contributed by atoms with van der Waals surface area (Å²) in [5, 5.41) is 11.5. The number of aliphatic hydroxyl groups is 1. The fraction of sp³-hybridized carbons (Fsp3) is 0.0938. The number of carbonyl (C=O) groups is 2.